The van der Waals surface area contributed by atoms with E-state index in [0.29, 0.717) is 33.7 Å². The maximum atomic E-state index is 14.8. The van der Waals surface area contributed by atoms with E-state index in [1.807, 2.05) is 29.2 Å². The molecule has 1 aliphatic carbocycles. The highest BCUT2D eigenvalue weighted by Crippen LogP contribution is 2.61. The Kier molecular flexibility index (Phi) is 6.20. The van der Waals surface area contributed by atoms with Crippen LogP contribution in [0.3, 0.4) is 0 Å². The summed E-state index contributed by atoms with van der Waals surface area (Å²) in [5, 5.41) is 0. The number of rotatable bonds is 5. The molecule has 0 radical (unpaired) electrons. The molecule has 0 aromatic heterocycles. The first-order valence-corrected chi connectivity index (χ1v) is 14.5. The Labute approximate surface area is 249 Å². The van der Waals surface area contributed by atoms with Crippen molar-refractivity contribution in [3.63, 3.8) is 0 Å². The molecule has 2 heterocycles. The lowest BCUT2D eigenvalue weighted by Crippen LogP contribution is -2.48. The lowest BCUT2D eigenvalue weighted by Gasteiger charge is -2.37. The van der Waals surface area contributed by atoms with Crippen LogP contribution in [0.5, 0.6) is 5.75 Å². The molecule has 214 valence electrons. The zero-order valence-corrected chi connectivity index (χ0v) is 24.1. The Morgan fingerprint density at radius 1 is 0.884 bits per heavy atom. The number of carbonyl (C=O) groups excluding carboxylic acids is 3. The van der Waals surface area contributed by atoms with Crippen molar-refractivity contribution in [2.24, 2.45) is 5.41 Å². The van der Waals surface area contributed by atoms with Crippen LogP contribution in [0.25, 0.3) is 6.08 Å². The zero-order valence-electron chi connectivity index (χ0n) is 24.1. The topological polar surface area (TPSA) is 63.7 Å². The van der Waals surface area contributed by atoms with Crippen LogP contribution in [-0.4, -0.2) is 36.5 Å². The molecule has 0 saturated carbocycles. The maximum Gasteiger partial charge on any atom is 0.186 e. The van der Waals surface area contributed by atoms with Crippen LogP contribution in [0.15, 0.2) is 97.1 Å². The first-order valence-electron chi connectivity index (χ1n) is 14.5. The van der Waals surface area contributed by atoms with E-state index in [0.717, 1.165) is 11.1 Å². The van der Waals surface area contributed by atoms with Crippen LogP contribution in [0.2, 0.25) is 0 Å². The van der Waals surface area contributed by atoms with Crippen LogP contribution in [0.1, 0.15) is 73.4 Å². The Morgan fingerprint density at radius 2 is 1.58 bits per heavy atom. The van der Waals surface area contributed by atoms with Gasteiger partial charge < -0.3 is 9.64 Å². The van der Waals surface area contributed by atoms with Gasteiger partial charge in [-0.3, -0.25) is 14.4 Å². The van der Waals surface area contributed by atoms with Crippen LogP contribution in [-0.2, 0) is 0 Å². The molecule has 6 heteroatoms. The number of nitrogens with zero attached hydrogens (tertiary/aromatic N) is 1. The molecule has 0 bridgehead atoms. The quantitative estimate of drug-likeness (QED) is 0.186. The SMILES string of the molecule is COc1cccc(C(=O)C2C(c3ccc(C(C)C)cc3)C3(C(=O)c4ccccc4C3=O)C3C=Cc4cc(F)ccc4N23)c1. The van der Waals surface area contributed by atoms with Gasteiger partial charge in [0.1, 0.15) is 23.0 Å². The fraction of sp³-hybridized carbons (Fsp3) is 0.216. The predicted molar refractivity (Wildman–Crippen MR) is 164 cm³/mol. The van der Waals surface area contributed by atoms with Gasteiger partial charge in [-0.25, -0.2) is 4.39 Å². The molecule has 4 aromatic rings. The van der Waals surface area contributed by atoms with Crippen LogP contribution in [0.4, 0.5) is 10.1 Å². The number of methoxy groups -OCH3 is 1. The molecule has 4 aromatic carbocycles. The van der Waals surface area contributed by atoms with Gasteiger partial charge in [-0.2, -0.15) is 0 Å². The second-order valence-electron chi connectivity index (χ2n) is 11.8. The third kappa shape index (κ3) is 3.79. The van der Waals surface area contributed by atoms with E-state index in [1.54, 1.807) is 66.7 Å². The molecule has 3 aliphatic rings. The van der Waals surface area contributed by atoms with Gasteiger partial charge in [-0.05, 0) is 47.4 Å². The standard InChI is InChI=1S/C37H30FNO4/c1-21(2)22-11-13-23(14-12-22)32-33(34(40)25-7-6-8-27(20-25)43-3)39-30-17-16-26(38)19-24(30)15-18-31(39)37(32)35(41)28-9-4-5-10-29(28)36(37)42/h4-21,31-33H,1-3H3. The summed E-state index contributed by atoms with van der Waals surface area (Å²) >= 11 is 0. The van der Waals surface area contributed by atoms with Gasteiger partial charge in [-0.15, -0.1) is 0 Å². The third-order valence-electron chi connectivity index (χ3n) is 9.35. The van der Waals surface area contributed by atoms with Crippen molar-refractivity contribution in [3.05, 3.63) is 136 Å². The average Bonchev–Trinajstić information content (AvgIpc) is 3.46. The summed E-state index contributed by atoms with van der Waals surface area (Å²) in [6.07, 6.45) is 3.57. The summed E-state index contributed by atoms with van der Waals surface area (Å²) in [5.41, 5.74) is 2.55. The molecular formula is C37H30FNO4. The predicted octanol–water partition coefficient (Wildman–Crippen LogP) is 7.27. The second-order valence-corrected chi connectivity index (χ2v) is 11.8. The molecule has 0 N–H and O–H groups in total. The summed E-state index contributed by atoms with van der Waals surface area (Å²) < 4.78 is 19.9. The third-order valence-corrected chi connectivity index (χ3v) is 9.35. The van der Waals surface area contributed by atoms with Gasteiger partial charge in [0.25, 0.3) is 0 Å². The highest BCUT2D eigenvalue weighted by Gasteiger charge is 2.71. The number of anilines is 1. The lowest BCUT2D eigenvalue weighted by molar-refractivity contribution is 0.0666. The normalized spacial score (nSPS) is 21.2. The molecule has 0 amide bonds. The monoisotopic (exact) mass is 571 g/mol. The Morgan fingerprint density at radius 3 is 2.23 bits per heavy atom. The van der Waals surface area contributed by atoms with E-state index in [4.69, 9.17) is 4.74 Å². The molecule has 3 unspecified atom stereocenters. The second kappa shape index (κ2) is 9.87. The van der Waals surface area contributed by atoms with Crippen molar-refractivity contribution < 1.29 is 23.5 Å². The number of hydrogen-bond donors (Lipinski definition) is 0. The minimum atomic E-state index is -1.61. The highest BCUT2D eigenvalue weighted by molar-refractivity contribution is 6.32. The van der Waals surface area contributed by atoms with Crippen molar-refractivity contribution >= 4 is 29.1 Å². The van der Waals surface area contributed by atoms with Crippen molar-refractivity contribution in [1.29, 1.82) is 0 Å². The Hall–Kier alpha value is -4.84. The van der Waals surface area contributed by atoms with E-state index in [9.17, 15) is 18.8 Å². The van der Waals surface area contributed by atoms with E-state index < -0.39 is 29.2 Å². The number of benzene rings is 4. The summed E-state index contributed by atoms with van der Waals surface area (Å²) in [4.78, 5) is 46.2. The summed E-state index contributed by atoms with van der Waals surface area (Å²) in [7, 11) is 1.54. The zero-order chi connectivity index (χ0) is 30.0. The van der Waals surface area contributed by atoms with E-state index in [1.165, 1.54) is 19.2 Å². The van der Waals surface area contributed by atoms with Crippen LogP contribution >= 0.6 is 0 Å². The Balaban J connectivity index is 1.53. The van der Waals surface area contributed by atoms with E-state index in [-0.39, 0.29) is 23.3 Å². The fourth-order valence-corrected chi connectivity index (χ4v) is 7.36. The first-order chi connectivity index (χ1) is 20.8. The number of fused-ring (bicyclic) bond motifs is 5. The number of hydrogen-bond acceptors (Lipinski definition) is 5. The lowest BCUT2D eigenvalue weighted by atomic mass is 9.64. The summed E-state index contributed by atoms with van der Waals surface area (Å²) in [6, 6.07) is 24.4. The van der Waals surface area contributed by atoms with Gasteiger partial charge in [0, 0.05) is 33.9 Å². The van der Waals surface area contributed by atoms with Gasteiger partial charge in [0.05, 0.1) is 13.2 Å². The fourth-order valence-electron chi connectivity index (χ4n) is 7.36. The molecule has 7 rings (SSSR count). The van der Waals surface area contributed by atoms with Gasteiger partial charge in [0.15, 0.2) is 17.3 Å². The van der Waals surface area contributed by atoms with E-state index >= 15 is 0 Å². The Bertz CT molecular complexity index is 1800. The maximum absolute atomic E-state index is 14.8. The highest BCUT2D eigenvalue weighted by atomic mass is 19.1. The summed E-state index contributed by atoms with van der Waals surface area (Å²) in [6.45, 7) is 4.20. The minimum absolute atomic E-state index is 0.249. The van der Waals surface area contributed by atoms with Crippen molar-refractivity contribution in [2.75, 3.05) is 12.0 Å². The van der Waals surface area contributed by atoms with Crippen LogP contribution < -0.4 is 9.64 Å². The number of halogens is 1. The van der Waals surface area contributed by atoms with Crippen molar-refractivity contribution in [3.8, 4) is 5.75 Å². The molecule has 43 heavy (non-hydrogen) atoms. The van der Waals surface area contributed by atoms with Gasteiger partial charge in [0.2, 0.25) is 0 Å². The van der Waals surface area contributed by atoms with Gasteiger partial charge >= 0.3 is 0 Å². The summed E-state index contributed by atoms with van der Waals surface area (Å²) in [5.74, 6) is -1.28. The largest absolute Gasteiger partial charge is 0.497 e. The minimum Gasteiger partial charge on any atom is -0.497 e. The molecule has 3 atom stereocenters. The average molecular weight is 572 g/mol. The van der Waals surface area contributed by atoms with Crippen LogP contribution in [0, 0.1) is 11.2 Å². The number of Topliss-reactive ketones (excluding diaryl/α,β-unsaturated/α-hetero) is 3. The molecule has 2 aliphatic heterocycles. The van der Waals surface area contributed by atoms with Crippen molar-refractivity contribution in [1.82, 2.24) is 0 Å². The molecule has 1 spiro atoms. The molecule has 1 fully saturated rings. The van der Waals surface area contributed by atoms with Crippen molar-refractivity contribution in [2.45, 2.75) is 37.8 Å². The van der Waals surface area contributed by atoms with Gasteiger partial charge in [-0.1, -0.05) is 86.7 Å². The van der Waals surface area contributed by atoms with E-state index in [2.05, 4.69) is 13.8 Å². The molecule has 1 saturated heterocycles. The number of ether oxygens (including phenoxy) is 1. The number of carbonyl (C=O) groups is 3. The smallest absolute Gasteiger partial charge is 0.186 e. The first kappa shape index (κ1) is 27.0. The molecular weight excluding hydrogens is 541 g/mol. The molecule has 5 nitrogen and oxygen atoms in total. The number of ketones is 3.